The summed E-state index contributed by atoms with van der Waals surface area (Å²) in [6.45, 7) is 5.68. The van der Waals surface area contributed by atoms with Gasteiger partial charge in [0.15, 0.2) is 10.4 Å². The SMILES string of the molecule is Cc1cc(C(C)NC(=O)c2ccc(Br)o2)c(C)o1. The van der Waals surface area contributed by atoms with E-state index in [1.807, 2.05) is 26.8 Å². The third-order valence-electron chi connectivity index (χ3n) is 2.69. The molecule has 0 aromatic carbocycles. The first-order valence-corrected chi connectivity index (χ1v) is 6.40. The van der Waals surface area contributed by atoms with Crippen molar-refractivity contribution in [1.29, 1.82) is 0 Å². The predicted molar refractivity (Wildman–Crippen MR) is 70.5 cm³/mol. The van der Waals surface area contributed by atoms with E-state index >= 15 is 0 Å². The molecule has 0 aliphatic heterocycles. The molecule has 1 unspecified atom stereocenters. The Labute approximate surface area is 113 Å². The van der Waals surface area contributed by atoms with Crippen LogP contribution in [0.15, 0.2) is 31.7 Å². The van der Waals surface area contributed by atoms with Gasteiger partial charge in [0, 0.05) is 5.56 Å². The molecule has 1 atom stereocenters. The normalized spacial score (nSPS) is 12.4. The molecule has 0 saturated carbocycles. The van der Waals surface area contributed by atoms with Crippen LogP contribution in [0.25, 0.3) is 0 Å². The number of carbonyl (C=O) groups excluding carboxylic acids is 1. The van der Waals surface area contributed by atoms with E-state index in [-0.39, 0.29) is 17.7 Å². The molecule has 0 bridgehead atoms. The molecule has 0 fully saturated rings. The molecule has 0 spiro atoms. The molecule has 96 valence electrons. The highest BCUT2D eigenvalue weighted by Gasteiger charge is 2.17. The molecule has 0 saturated heterocycles. The summed E-state index contributed by atoms with van der Waals surface area (Å²) in [6, 6.07) is 5.11. The van der Waals surface area contributed by atoms with Crippen LogP contribution >= 0.6 is 15.9 Å². The number of rotatable bonds is 3. The Bertz CT molecular complexity index is 571. The van der Waals surface area contributed by atoms with E-state index in [1.54, 1.807) is 12.1 Å². The molecule has 5 heteroatoms. The highest BCUT2D eigenvalue weighted by Crippen LogP contribution is 2.22. The van der Waals surface area contributed by atoms with Crippen molar-refractivity contribution in [2.24, 2.45) is 0 Å². The smallest absolute Gasteiger partial charge is 0.287 e. The minimum absolute atomic E-state index is 0.126. The van der Waals surface area contributed by atoms with Gasteiger partial charge in [-0.3, -0.25) is 4.79 Å². The standard InChI is InChI=1S/C13H14BrNO3/c1-7-6-10(9(3)17-7)8(2)15-13(16)11-4-5-12(14)18-11/h4-6,8H,1-3H3,(H,15,16). The van der Waals surface area contributed by atoms with Crippen molar-refractivity contribution in [1.82, 2.24) is 5.32 Å². The van der Waals surface area contributed by atoms with Crippen molar-refractivity contribution in [2.45, 2.75) is 26.8 Å². The minimum atomic E-state index is -0.244. The molecule has 0 radical (unpaired) electrons. The van der Waals surface area contributed by atoms with E-state index < -0.39 is 0 Å². The van der Waals surface area contributed by atoms with Gasteiger partial charge in [0.1, 0.15) is 11.5 Å². The second-order valence-corrected chi connectivity index (χ2v) is 4.95. The summed E-state index contributed by atoms with van der Waals surface area (Å²) >= 11 is 3.16. The van der Waals surface area contributed by atoms with Gasteiger partial charge in [0.25, 0.3) is 5.91 Å². The van der Waals surface area contributed by atoms with Crippen LogP contribution in [0.5, 0.6) is 0 Å². The third-order valence-corrected chi connectivity index (χ3v) is 3.12. The average Bonchev–Trinajstić information content (AvgIpc) is 2.84. The molecule has 0 aliphatic carbocycles. The fraction of sp³-hybridized carbons (Fsp3) is 0.308. The number of amides is 1. The van der Waals surface area contributed by atoms with Crippen molar-refractivity contribution in [3.05, 3.63) is 45.7 Å². The number of hydrogen-bond acceptors (Lipinski definition) is 3. The molecule has 4 nitrogen and oxygen atoms in total. The lowest BCUT2D eigenvalue weighted by Crippen LogP contribution is -2.26. The summed E-state index contributed by atoms with van der Waals surface area (Å²) in [6.07, 6.45) is 0. The van der Waals surface area contributed by atoms with Crippen LogP contribution in [0, 0.1) is 13.8 Å². The molecule has 2 aromatic heterocycles. The molecule has 18 heavy (non-hydrogen) atoms. The summed E-state index contributed by atoms with van der Waals surface area (Å²) in [4.78, 5) is 11.9. The van der Waals surface area contributed by atoms with E-state index in [9.17, 15) is 4.79 Å². The summed E-state index contributed by atoms with van der Waals surface area (Å²) in [5.74, 6) is 1.70. The minimum Gasteiger partial charge on any atom is -0.466 e. The average molecular weight is 312 g/mol. The van der Waals surface area contributed by atoms with Gasteiger partial charge in [0.05, 0.1) is 6.04 Å². The van der Waals surface area contributed by atoms with E-state index in [2.05, 4.69) is 21.2 Å². The maximum Gasteiger partial charge on any atom is 0.287 e. The van der Waals surface area contributed by atoms with Crippen LogP contribution in [0.2, 0.25) is 0 Å². The molecule has 2 rings (SSSR count). The summed E-state index contributed by atoms with van der Waals surface area (Å²) < 4.78 is 11.2. The van der Waals surface area contributed by atoms with Crippen molar-refractivity contribution in [3.63, 3.8) is 0 Å². The van der Waals surface area contributed by atoms with Crippen molar-refractivity contribution < 1.29 is 13.6 Å². The first-order chi connectivity index (χ1) is 8.47. The fourth-order valence-corrected chi connectivity index (χ4v) is 2.17. The van der Waals surface area contributed by atoms with Crippen LogP contribution in [0.1, 0.15) is 40.6 Å². The zero-order valence-corrected chi connectivity index (χ0v) is 12.0. The zero-order valence-electron chi connectivity index (χ0n) is 10.4. The lowest BCUT2D eigenvalue weighted by molar-refractivity contribution is 0.0910. The number of nitrogens with one attached hydrogen (secondary N) is 1. The van der Waals surface area contributed by atoms with Gasteiger partial charge < -0.3 is 14.2 Å². The van der Waals surface area contributed by atoms with Crippen LogP contribution in [-0.2, 0) is 0 Å². The maximum atomic E-state index is 11.9. The van der Waals surface area contributed by atoms with Crippen molar-refractivity contribution in [2.75, 3.05) is 0 Å². The van der Waals surface area contributed by atoms with Crippen LogP contribution in [-0.4, -0.2) is 5.91 Å². The Morgan fingerprint density at radius 3 is 2.56 bits per heavy atom. The van der Waals surface area contributed by atoms with E-state index in [4.69, 9.17) is 8.83 Å². The Balaban J connectivity index is 2.10. The van der Waals surface area contributed by atoms with Gasteiger partial charge in [-0.1, -0.05) is 0 Å². The van der Waals surface area contributed by atoms with Gasteiger partial charge in [-0.25, -0.2) is 0 Å². The monoisotopic (exact) mass is 311 g/mol. The Hall–Kier alpha value is -1.49. The molecule has 1 N–H and O–H groups in total. The molecule has 0 aliphatic rings. The topological polar surface area (TPSA) is 55.4 Å². The summed E-state index contributed by atoms with van der Waals surface area (Å²) in [5, 5.41) is 2.87. The van der Waals surface area contributed by atoms with E-state index in [0.717, 1.165) is 17.1 Å². The zero-order chi connectivity index (χ0) is 13.3. The Kier molecular flexibility index (Phi) is 3.61. The molecule has 2 heterocycles. The van der Waals surface area contributed by atoms with Gasteiger partial charge in [-0.05, 0) is 54.9 Å². The lowest BCUT2D eigenvalue weighted by Gasteiger charge is -2.11. The number of halogens is 1. The number of hydrogen-bond donors (Lipinski definition) is 1. The second-order valence-electron chi connectivity index (χ2n) is 4.17. The van der Waals surface area contributed by atoms with Crippen molar-refractivity contribution >= 4 is 21.8 Å². The lowest BCUT2D eigenvalue weighted by atomic mass is 10.1. The number of carbonyl (C=O) groups is 1. The molecular formula is C13H14BrNO3. The molecule has 2 aromatic rings. The first-order valence-electron chi connectivity index (χ1n) is 5.60. The van der Waals surface area contributed by atoms with Crippen LogP contribution < -0.4 is 5.32 Å². The number of furan rings is 2. The van der Waals surface area contributed by atoms with Gasteiger partial charge in [-0.15, -0.1) is 0 Å². The maximum absolute atomic E-state index is 11.9. The summed E-state index contributed by atoms with van der Waals surface area (Å²) in [5.41, 5.74) is 0.978. The Morgan fingerprint density at radius 2 is 2.06 bits per heavy atom. The van der Waals surface area contributed by atoms with Gasteiger partial charge in [-0.2, -0.15) is 0 Å². The van der Waals surface area contributed by atoms with Gasteiger partial charge >= 0.3 is 0 Å². The molecular weight excluding hydrogens is 298 g/mol. The second kappa shape index (κ2) is 5.02. The van der Waals surface area contributed by atoms with E-state index in [0.29, 0.717) is 4.67 Å². The largest absolute Gasteiger partial charge is 0.466 e. The first kappa shape index (κ1) is 13.0. The summed E-state index contributed by atoms with van der Waals surface area (Å²) in [7, 11) is 0. The van der Waals surface area contributed by atoms with Crippen molar-refractivity contribution in [3.8, 4) is 0 Å². The highest BCUT2D eigenvalue weighted by atomic mass is 79.9. The fourth-order valence-electron chi connectivity index (χ4n) is 1.86. The number of aryl methyl sites for hydroxylation is 2. The highest BCUT2D eigenvalue weighted by molar-refractivity contribution is 9.10. The molecule has 1 amide bonds. The Morgan fingerprint density at radius 1 is 1.33 bits per heavy atom. The van der Waals surface area contributed by atoms with E-state index in [1.165, 1.54) is 0 Å². The third kappa shape index (κ3) is 2.67. The van der Waals surface area contributed by atoms with Crippen LogP contribution in [0.4, 0.5) is 0 Å². The quantitative estimate of drug-likeness (QED) is 0.939. The van der Waals surface area contributed by atoms with Crippen LogP contribution in [0.3, 0.4) is 0 Å². The van der Waals surface area contributed by atoms with Gasteiger partial charge in [0.2, 0.25) is 0 Å². The predicted octanol–water partition coefficient (Wildman–Crippen LogP) is 3.74.